The first kappa shape index (κ1) is 19.3. The van der Waals surface area contributed by atoms with Crippen molar-refractivity contribution < 1.29 is 22.7 Å². The summed E-state index contributed by atoms with van der Waals surface area (Å²) in [5, 5.41) is 4.67. The van der Waals surface area contributed by atoms with Crippen LogP contribution in [0.15, 0.2) is 42.5 Å². The fraction of sp³-hybridized carbons (Fsp3) is 0.278. The number of alkyl halides is 3. The van der Waals surface area contributed by atoms with Gasteiger partial charge in [-0.3, -0.25) is 0 Å². The highest BCUT2D eigenvalue weighted by atomic mass is 35.5. The molecule has 9 heteroatoms. The van der Waals surface area contributed by atoms with Gasteiger partial charge in [0.25, 0.3) is 0 Å². The number of hydrogen-bond acceptors (Lipinski definition) is 3. The maximum atomic E-state index is 12.9. The molecule has 0 atom stereocenters. The zero-order valence-corrected chi connectivity index (χ0v) is 14.9. The van der Waals surface area contributed by atoms with Crippen molar-refractivity contribution in [3.8, 4) is 0 Å². The number of nitrogens with zero attached hydrogens (tertiary/aromatic N) is 1. The minimum Gasteiger partial charge on any atom is -0.378 e. The van der Waals surface area contributed by atoms with Crippen molar-refractivity contribution in [2.45, 2.75) is 6.18 Å². The quantitative estimate of drug-likeness (QED) is 0.776. The molecule has 0 aromatic heterocycles. The van der Waals surface area contributed by atoms with E-state index in [1.54, 1.807) is 12.1 Å². The molecular weight excluding hydrogens is 383 g/mol. The van der Waals surface area contributed by atoms with Crippen LogP contribution in [0.2, 0.25) is 5.02 Å². The number of carbonyl (C=O) groups is 1. The number of anilines is 3. The average Bonchev–Trinajstić information content (AvgIpc) is 2.63. The zero-order chi connectivity index (χ0) is 19.4. The Balaban J connectivity index is 1.74. The van der Waals surface area contributed by atoms with Gasteiger partial charge < -0.3 is 20.3 Å². The molecule has 1 heterocycles. The highest BCUT2D eigenvalue weighted by Crippen LogP contribution is 2.36. The van der Waals surface area contributed by atoms with Gasteiger partial charge in [0.05, 0.1) is 35.2 Å². The summed E-state index contributed by atoms with van der Waals surface area (Å²) in [6.07, 6.45) is -4.60. The summed E-state index contributed by atoms with van der Waals surface area (Å²) in [5.74, 6) is 0. The number of rotatable bonds is 3. The predicted molar refractivity (Wildman–Crippen MR) is 98.6 cm³/mol. The van der Waals surface area contributed by atoms with Gasteiger partial charge in [-0.15, -0.1) is 0 Å². The van der Waals surface area contributed by atoms with E-state index in [1.807, 2.05) is 12.1 Å². The maximum Gasteiger partial charge on any atom is 0.417 e. The second kappa shape index (κ2) is 8.06. The highest BCUT2D eigenvalue weighted by Gasteiger charge is 2.33. The van der Waals surface area contributed by atoms with Crippen molar-refractivity contribution in [2.24, 2.45) is 0 Å². The monoisotopic (exact) mass is 399 g/mol. The van der Waals surface area contributed by atoms with E-state index in [-0.39, 0.29) is 5.69 Å². The van der Waals surface area contributed by atoms with E-state index >= 15 is 0 Å². The Hall–Kier alpha value is -2.45. The minimum atomic E-state index is -4.60. The Kier molecular flexibility index (Phi) is 5.76. The Morgan fingerprint density at radius 3 is 2.48 bits per heavy atom. The van der Waals surface area contributed by atoms with Crippen LogP contribution in [0.4, 0.5) is 35.0 Å². The van der Waals surface area contributed by atoms with Crippen molar-refractivity contribution in [1.29, 1.82) is 0 Å². The van der Waals surface area contributed by atoms with Crippen molar-refractivity contribution in [3.05, 3.63) is 53.1 Å². The summed E-state index contributed by atoms with van der Waals surface area (Å²) >= 11 is 5.59. The molecule has 144 valence electrons. The van der Waals surface area contributed by atoms with Gasteiger partial charge >= 0.3 is 12.2 Å². The van der Waals surface area contributed by atoms with Crippen LogP contribution >= 0.6 is 11.6 Å². The number of urea groups is 1. The Morgan fingerprint density at radius 2 is 1.78 bits per heavy atom. The molecule has 1 saturated heterocycles. The molecule has 2 aromatic carbocycles. The van der Waals surface area contributed by atoms with Gasteiger partial charge in [0.15, 0.2) is 0 Å². The van der Waals surface area contributed by atoms with Gasteiger partial charge in [0.1, 0.15) is 0 Å². The Labute approximate surface area is 159 Å². The molecule has 1 aliphatic heterocycles. The summed E-state index contributed by atoms with van der Waals surface area (Å²) in [5.41, 5.74) is 0.369. The molecule has 3 rings (SSSR count). The zero-order valence-electron chi connectivity index (χ0n) is 14.1. The molecule has 0 aliphatic carbocycles. The number of morpholine rings is 1. The molecule has 0 bridgehead atoms. The number of carbonyl (C=O) groups excluding carboxylic acids is 1. The summed E-state index contributed by atoms with van der Waals surface area (Å²) in [6, 6.07) is 9.78. The molecular formula is C18H17ClF3N3O2. The van der Waals surface area contributed by atoms with Crippen molar-refractivity contribution in [1.82, 2.24) is 0 Å². The molecule has 0 radical (unpaired) electrons. The maximum absolute atomic E-state index is 12.9. The molecule has 5 nitrogen and oxygen atoms in total. The lowest BCUT2D eigenvalue weighted by Gasteiger charge is -2.30. The van der Waals surface area contributed by atoms with Crippen LogP contribution in [0.1, 0.15) is 5.56 Å². The van der Waals surface area contributed by atoms with E-state index in [0.717, 1.165) is 17.8 Å². The van der Waals surface area contributed by atoms with E-state index in [9.17, 15) is 18.0 Å². The van der Waals surface area contributed by atoms with Crippen LogP contribution in [0.25, 0.3) is 0 Å². The van der Waals surface area contributed by atoms with E-state index < -0.39 is 22.8 Å². The van der Waals surface area contributed by atoms with Crippen LogP contribution in [0, 0.1) is 0 Å². The van der Waals surface area contributed by atoms with Crippen molar-refractivity contribution >= 4 is 34.7 Å². The largest absolute Gasteiger partial charge is 0.417 e. The summed E-state index contributed by atoms with van der Waals surface area (Å²) < 4.78 is 44.2. The predicted octanol–water partition coefficient (Wildman–Crippen LogP) is 4.84. The van der Waals surface area contributed by atoms with Crippen LogP contribution in [-0.2, 0) is 10.9 Å². The van der Waals surface area contributed by atoms with Gasteiger partial charge in [-0.1, -0.05) is 23.7 Å². The molecule has 0 unspecified atom stereocenters. The third-order valence-corrected chi connectivity index (χ3v) is 4.36. The molecule has 2 N–H and O–H groups in total. The van der Waals surface area contributed by atoms with Gasteiger partial charge in [0, 0.05) is 18.8 Å². The molecule has 2 aromatic rings. The van der Waals surface area contributed by atoms with Crippen molar-refractivity contribution in [3.63, 3.8) is 0 Å². The number of para-hydroxylation sites is 2. The number of benzene rings is 2. The SMILES string of the molecule is O=C(Nc1ccc(Cl)c(C(F)(F)F)c1)Nc1ccccc1N1CCOCC1. The lowest BCUT2D eigenvalue weighted by molar-refractivity contribution is -0.137. The second-order valence-electron chi connectivity index (χ2n) is 5.89. The molecule has 1 fully saturated rings. The highest BCUT2D eigenvalue weighted by molar-refractivity contribution is 6.31. The number of halogens is 4. The first-order valence-electron chi connectivity index (χ1n) is 8.21. The first-order chi connectivity index (χ1) is 12.8. The van der Waals surface area contributed by atoms with Crippen LogP contribution in [0.5, 0.6) is 0 Å². The second-order valence-corrected chi connectivity index (χ2v) is 6.30. The smallest absolute Gasteiger partial charge is 0.378 e. The normalized spacial score (nSPS) is 14.7. The lowest BCUT2D eigenvalue weighted by atomic mass is 10.2. The third kappa shape index (κ3) is 4.84. The first-order valence-corrected chi connectivity index (χ1v) is 8.59. The lowest BCUT2D eigenvalue weighted by Crippen LogP contribution is -2.37. The van der Waals surface area contributed by atoms with Crippen molar-refractivity contribution in [2.75, 3.05) is 41.8 Å². The number of nitrogens with one attached hydrogen (secondary N) is 2. The molecule has 2 amide bonds. The number of amides is 2. The number of ether oxygens (including phenoxy) is 1. The fourth-order valence-corrected chi connectivity index (χ4v) is 2.99. The number of hydrogen-bond donors (Lipinski definition) is 2. The van der Waals surface area contributed by atoms with E-state index in [4.69, 9.17) is 16.3 Å². The topological polar surface area (TPSA) is 53.6 Å². The summed E-state index contributed by atoms with van der Waals surface area (Å²) in [7, 11) is 0. The van der Waals surface area contributed by atoms with Gasteiger partial charge in [-0.05, 0) is 30.3 Å². The molecule has 27 heavy (non-hydrogen) atoms. The van der Waals surface area contributed by atoms with Crippen LogP contribution < -0.4 is 15.5 Å². The van der Waals surface area contributed by atoms with Crippen LogP contribution in [-0.4, -0.2) is 32.3 Å². The molecule has 0 saturated carbocycles. The minimum absolute atomic E-state index is 0.00641. The Bertz CT molecular complexity index is 824. The van der Waals surface area contributed by atoms with Gasteiger partial charge in [-0.25, -0.2) is 4.79 Å². The summed E-state index contributed by atoms with van der Waals surface area (Å²) in [6.45, 7) is 2.55. The standard InChI is InChI=1S/C18H17ClF3N3O2/c19-14-6-5-12(11-13(14)18(20,21)22)23-17(26)24-15-3-1-2-4-16(15)25-7-9-27-10-8-25/h1-6,11H,7-10H2,(H2,23,24,26). The van der Waals surface area contributed by atoms with Gasteiger partial charge in [0.2, 0.25) is 0 Å². The molecule has 0 spiro atoms. The van der Waals surface area contributed by atoms with E-state index in [1.165, 1.54) is 6.07 Å². The molecule has 1 aliphatic rings. The third-order valence-electron chi connectivity index (χ3n) is 4.03. The van der Waals surface area contributed by atoms with E-state index in [0.29, 0.717) is 32.0 Å². The summed E-state index contributed by atoms with van der Waals surface area (Å²) in [4.78, 5) is 14.4. The fourth-order valence-electron chi connectivity index (χ4n) is 2.76. The van der Waals surface area contributed by atoms with Crippen LogP contribution in [0.3, 0.4) is 0 Å². The van der Waals surface area contributed by atoms with Gasteiger partial charge in [-0.2, -0.15) is 13.2 Å². The van der Waals surface area contributed by atoms with E-state index in [2.05, 4.69) is 15.5 Å². The average molecular weight is 400 g/mol. The Morgan fingerprint density at radius 1 is 1.07 bits per heavy atom.